The second-order valence-electron chi connectivity index (χ2n) is 8.45. The van der Waals surface area contributed by atoms with E-state index in [0.29, 0.717) is 11.6 Å². The fourth-order valence-corrected chi connectivity index (χ4v) is 4.05. The van der Waals surface area contributed by atoms with Crippen LogP contribution >= 0.6 is 0 Å². The first-order valence-electron chi connectivity index (χ1n) is 9.98. The molecule has 0 radical (unpaired) electrons. The van der Waals surface area contributed by atoms with Gasteiger partial charge in [0, 0.05) is 52.5 Å². The lowest BCUT2D eigenvalue weighted by molar-refractivity contribution is 0.0437. The molecule has 2 fully saturated rings. The van der Waals surface area contributed by atoms with Gasteiger partial charge < -0.3 is 4.90 Å². The highest BCUT2D eigenvalue weighted by Gasteiger charge is 2.35. The second-order valence-corrected chi connectivity index (χ2v) is 8.45. The number of hydrogen-bond donors (Lipinski definition) is 0. The summed E-state index contributed by atoms with van der Waals surface area (Å²) >= 11 is 0. The number of aromatic nitrogens is 3. The van der Waals surface area contributed by atoms with Crippen molar-refractivity contribution < 1.29 is 4.79 Å². The van der Waals surface area contributed by atoms with E-state index in [0.717, 1.165) is 37.0 Å². The molecular weight excluding hydrogens is 340 g/mol. The number of fused-ring (bicyclic) bond motifs is 1. The minimum absolute atomic E-state index is 0.00345. The maximum Gasteiger partial charge on any atom is 0.254 e. The zero-order valence-electron chi connectivity index (χ0n) is 16.8. The molecule has 0 aromatic carbocycles. The standard InChI is InChI=1S/C20H30N6O/c1-14(2)25-10-9-24(11-15-5-6-15)13-17(25)19-22-21-18-8-7-16(12-26(18)19)20(27)23(3)4/h7-8,12,14-15,17H,5-6,9-11,13H2,1-4H3/t17-/m0/s1. The van der Waals surface area contributed by atoms with E-state index < -0.39 is 0 Å². The minimum Gasteiger partial charge on any atom is -0.345 e. The van der Waals surface area contributed by atoms with Crippen LogP contribution in [0, 0.1) is 5.92 Å². The highest BCUT2D eigenvalue weighted by Crippen LogP contribution is 2.33. The van der Waals surface area contributed by atoms with Crippen molar-refractivity contribution in [3.8, 4) is 0 Å². The van der Waals surface area contributed by atoms with Crippen LogP contribution in [0.5, 0.6) is 0 Å². The van der Waals surface area contributed by atoms with Crippen molar-refractivity contribution in [1.82, 2.24) is 29.3 Å². The van der Waals surface area contributed by atoms with E-state index in [1.807, 2.05) is 22.7 Å². The van der Waals surface area contributed by atoms with Crippen LogP contribution in [-0.4, -0.2) is 81.5 Å². The first-order chi connectivity index (χ1) is 12.9. The summed E-state index contributed by atoms with van der Waals surface area (Å²) in [5, 5.41) is 8.92. The second kappa shape index (κ2) is 7.20. The molecule has 2 aromatic rings. The van der Waals surface area contributed by atoms with Crippen LogP contribution in [0.2, 0.25) is 0 Å². The number of rotatable bonds is 5. The van der Waals surface area contributed by atoms with Crippen LogP contribution in [-0.2, 0) is 0 Å². The third-order valence-electron chi connectivity index (χ3n) is 5.76. The zero-order chi connectivity index (χ0) is 19.1. The van der Waals surface area contributed by atoms with E-state index in [2.05, 4.69) is 33.8 Å². The summed E-state index contributed by atoms with van der Waals surface area (Å²) < 4.78 is 2.01. The van der Waals surface area contributed by atoms with Crippen LogP contribution < -0.4 is 0 Å². The lowest BCUT2D eigenvalue weighted by Gasteiger charge is -2.42. The van der Waals surface area contributed by atoms with Crippen molar-refractivity contribution in [2.75, 3.05) is 40.3 Å². The Morgan fingerprint density at radius 1 is 1.22 bits per heavy atom. The Morgan fingerprint density at radius 2 is 2.00 bits per heavy atom. The SMILES string of the molecule is CC(C)N1CCN(CC2CC2)C[C@H]1c1nnc2ccc(C(=O)N(C)C)cn12. The monoisotopic (exact) mass is 370 g/mol. The minimum atomic E-state index is -0.00345. The van der Waals surface area contributed by atoms with Crippen LogP contribution in [0.15, 0.2) is 18.3 Å². The van der Waals surface area contributed by atoms with Crippen LogP contribution in [0.25, 0.3) is 5.65 Å². The van der Waals surface area contributed by atoms with Crippen LogP contribution in [0.4, 0.5) is 0 Å². The van der Waals surface area contributed by atoms with Crippen molar-refractivity contribution in [2.24, 2.45) is 5.92 Å². The fraction of sp³-hybridized carbons (Fsp3) is 0.650. The van der Waals surface area contributed by atoms with E-state index in [9.17, 15) is 4.79 Å². The molecule has 0 N–H and O–H groups in total. The predicted molar refractivity (Wildman–Crippen MR) is 105 cm³/mol. The van der Waals surface area contributed by atoms with Gasteiger partial charge in [0.05, 0.1) is 11.6 Å². The van der Waals surface area contributed by atoms with E-state index in [4.69, 9.17) is 0 Å². The Kier molecular flexibility index (Phi) is 4.90. The van der Waals surface area contributed by atoms with Gasteiger partial charge >= 0.3 is 0 Å². The Labute approximate surface area is 160 Å². The molecule has 1 saturated carbocycles. The largest absolute Gasteiger partial charge is 0.345 e. The maximum absolute atomic E-state index is 12.4. The molecule has 0 unspecified atom stereocenters. The summed E-state index contributed by atoms with van der Waals surface area (Å²) in [5.41, 5.74) is 1.46. The highest BCUT2D eigenvalue weighted by atomic mass is 16.2. The molecule has 4 rings (SSSR count). The zero-order valence-corrected chi connectivity index (χ0v) is 16.8. The number of carbonyl (C=O) groups is 1. The number of nitrogens with zero attached hydrogens (tertiary/aromatic N) is 6. The van der Waals surface area contributed by atoms with Gasteiger partial charge in [0.25, 0.3) is 5.91 Å². The molecule has 1 saturated heterocycles. The van der Waals surface area contributed by atoms with E-state index in [1.54, 1.807) is 19.0 Å². The van der Waals surface area contributed by atoms with Gasteiger partial charge in [-0.3, -0.25) is 19.0 Å². The predicted octanol–water partition coefficient (Wildman–Crippen LogP) is 1.91. The van der Waals surface area contributed by atoms with Gasteiger partial charge in [-0.25, -0.2) is 0 Å². The van der Waals surface area contributed by atoms with Gasteiger partial charge in [-0.1, -0.05) is 0 Å². The lowest BCUT2D eigenvalue weighted by atomic mass is 10.1. The normalized spacial score (nSPS) is 21.9. The van der Waals surface area contributed by atoms with Crippen molar-refractivity contribution in [2.45, 2.75) is 38.8 Å². The Bertz CT molecular complexity index is 825. The maximum atomic E-state index is 12.4. The molecule has 2 aromatic heterocycles. The summed E-state index contributed by atoms with van der Waals surface area (Å²) in [5.74, 6) is 1.82. The molecule has 7 nitrogen and oxygen atoms in total. The van der Waals surface area contributed by atoms with Gasteiger partial charge in [0.2, 0.25) is 0 Å². The molecule has 1 aliphatic carbocycles. The molecule has 3 heterocycles. The Morgan fingerprint density at radius 3 is 2.67 bits per heavy atom. The fourth-order valence-electron chi connectivity index (χ4n) is 4.05. The highest BCUT2D eigenvalue weighted by molar-refractivity contribution is 5.93. The molecule has 27 heavy (non-hydrogen) atoms. The molecular formula is C20H30N6O. The van der Waals surface area contributed by atoms with Crippen molar-refractivity contribution in [3.05, 3.63) is 29.7 Å². The Balaban J connectivity index is 1.68. The summed E-state index contributed by atoms with van der Waals surface area (Å²) in [7, 11) is 3.55. The van der Waals surface area contributed by atoms with E-state index >= 15 is 0 Å². The number of hydrogen-bond acceptors (Lipinski definition) is 5. The number of piperazine rings is 1. The lowest BCUT2D eigenvalue weighted by Crippen LogP contribution is -2.51. The summed E-state index contributed by atoms with van der Waals surface area (Å²) in [4.78, 5) is 19.1. The van der Waals surface area contributed by atoms with Gasteiger partial charge in [-0.05, 0) is 44.7 Å². The number of carbonyl (C=O) groups excluding carboxylic acids is 1. The molecule has 146 valence electrons. The molecule has 0 spiro atoms. The average Bonchev–Trinajstić information content (AvgIpc) is 3.36. The summed E-state index contributed by atoms with van der Waals surface area (Å²) in [6.45, 7) is 8.82. The van der Waals surface area contributed by atoms with Crippen LogP contribution in [0.3, 0.4) is 0 Å². The molecule has 1 aliphatic heterocycles. The summed E-state index contributed by atoms with van der Waals surface area (Å²) in [6.07, 6.45) is 4.64. The van der Waals surface area contributed by atoms with Crippen molar-refractivity contribution in [1.29, 1.82) is 0 Å². The topological polar surface area (TPSA) is 57.0 Å². The first kappa shape index (κ1) is 18.4. The average molecular weight is 371 g/mol. The molecule has 1 amide bonds. The van der Waals surface area contributed by atoms with E-state index in [-0.39, 0.29) is 11.9 Å². The third-order valence-corrected chi connectivity index (χ3v) is 5.76. The van der Waals surface area contributed by atoms with Crippen LogP contribution in [0.1, 0.15) is 48.9 Å². The van der Waals surface area contributed by atoms with Gasteiger partial charge in [0.1, 0.15) is 0 Å². The van der Waals surface area contributed by atoms with Gasteiger partial charge in [0.15, 0.2) is 11.5 Å². The number of amides is 1. The molecule has 7 heteroatoms. The smallest absolute Gasteiger partial charge is 0.254 e. The van der Waals surface area contributed by atoms with Gasteiger partial charge in [-0.2, -0.15) is 0 Å². The molecule has 1 atom stereocenters. The van der Waals surface area contributed by atoms with Crippen molar-refractivity contribution >= 4 is 11.6 Å². The molecule has 2 aliphatic rings. The molecule has 0 bridgehead atoms. The van der Waals surface area contributed by atoms with Gasteiger partial charge in [-0.15, -0.1) is 10.2 Å². The first-order valence-corrected chi connectivity index (χ1v) is 9.98. The van der Waals surface area contributed by atoms with E-state index in [1.165, 1.54) is 19.4 Å². The third kappa shape index (κ3) is 3.71. The van der Waals surface area contributed by atoms with Crippen molar-refractivity contribution in [3.63, 3.8) is 0 Å². The quantitative estimate of drug-likeness (QED) is 0.805. The number of pyridine rings is 1. The Hall–Kier alpha value is -1.99. The summed E-state index contributed by atoms with van der Waals surface area (Å²) in [6, 6.07) is 4.35.